The third-order valence-electron chi connectivity index (χ3n) is 5.06. The van der Waals surface area contributed by atoms with Gasteiger partial charge >= 0.3 is 0 Å². The number of ether oxygens (including phenoxy) is 1. The highest BCUT2D eigenvalue weighted by molar-refractivity contribution is 5.71. The first-order valence-electron chi connectivity index (χ1n) is 8.15. The van der Waals surface area contributed by atoms with E-state index in [4.69, 9.17) is 4.74 Å². The summed E-state index contributed by atoms with van der Waals surface area (Å²) in [7, 11) is 1.71. The Balaban J connectivity index is 2.41. The topological polar surface area (TPSA) is 58.6 Å². The van der Waals surface area contributed by atoms with Crippen LogP contribution in [0.3, 0.4) is 0 Å². The Hall–Kier alpha value is -1.81. The Bertz CT molecular complexity index is 599. The van der Waals surface area contributed by atoms with Crippen LogP contribution in [0.4, 0.5) is 0 Å². The quantitative estimate of drug-likeness (QED) is 0.643. The van der Waals surface area contributed by atoms with Gasteiger partial charge in [-0.25, -0.2) is 0 Å². The van der Waals surface area contributed by atoms with Crippen molar-refractivity contribution in [3.8, 4) is 0 Å². The zero-order valence-corrected chi connectivity index (χ0v) is 14.5. The Morgan fingerprint density at radius 1 is 1.35 bits per heavy atom. The summed E-state index contributed by atoms with van der Waals surface area (Å²) in [5.74, 6) is 0.271. The van der Waals surface area contributed by atoms with Gasteiger partial charge in [0.2, 0.25) is 6.41 Å². The van der Waals surface area contributed by atoms with Crippen LogP contribution in [-0.2, 0) is 9.53 Å². The van der Waals surface area contributed by atoms with Gasteiger partial charge in [0.15, 0.2) is 0 Å². The third-order valence-corrected chi connectivity index (χ3v) is 5.06. The number of methoxy groups -OCH3 is 1. The first-order valence-corrected chi connectivity index (χ1v) is 8.15. The van der Waals surface area contributed by atoms with E-state index in [1.165, 1.54) is 0 Å². The molecule has 0 spiro atoms. The zero-order valence-electron chi connectivity index (χ0n) is 14.5. The summed E-state index contributed by atoms with van der Waals surface area (Å²) >= 11 is 0. The number of hydrogen-bond acceptors (Lipinski definition) is 3. The molecule has 1 aromatic carbocycles. The van der Waals surface area contributed by atoms with Crippen LogP contribution in [0.1, 0.15) is 49.3 Å². The molecule has 23 heavy (non-hydrogen) atoms. The van der Waals surface area contributed by atoms with Gasteiger partial charge in [-0.3, -0.25) is 4.79 Å². The summed E-state index contributed by atoms with van der Waals surface area (Å²) in [6, 6.07) is 6.20. The standard InChI is InChI=1S/C19H27NO3/c1-13-5-6-14(2)17(11-13)15(3)18(22)19(20-12-21)9-7-16(23-4)8-10-19/h5-6,11-12,16,22H,7-10H2,1-4H3,(H,20,21)/b18-15-. The molecule has 0 bridgehead atoms. The summed E-state index contributed by atoms with van der Waals surface area (Å²) in [5, 5.41) is 13.9. The molecule has 0 unspecified atom stereocenters. The minimum absolute atomic E-state index is 0.199. The van der Waals surface area contributed by atoms with E-state index in [0.29, 0.717) is 19.3 Å². The lowest BCUT2D eigenvalue weighted by atomic mass is 9.77. The maximum Gasteiger partial charge on any atom is 0.207 e. The molecule has 0 saturated heterocycles. The smallest absolute Gasteiger partial charge is 0.207 e. The van der Waals surface area contributed by atoms with E-state index in [-0.39, 0.29) is 11.9 Å². The summed E-state index contributed by atoms with van der Waals surface area (Å²) in [4.78, 5) is 11.1. The largest absolute Gasteiger partial charge is 0.510 e. The van der Waals surface area contributed by atoms with Crippen LogP contribution >= 0.6 is 0 Å². The van der Waals surface area contributed by atoms with E-state index in [1.54, 1.807) is 7.11 Å². The maximum atomic E-state index is 11.1. The van der Waals surface area contributed by atoms with Crippen molar-refractivity contribution >= 4 is 12.0 Å². The predicted octanol–water partition coefficient (Wildman–Crippen LogP) is 3.67. The number of benzene rings is 1. The minimum Gasteiger partial charge on any atom is -0.510 e. The molecule has 1 aliphatic carbocycles. The molecule has 1 saturated carbocycles. The normalized spacial score (nSPS) is 25.7. The van der Waals surface area contributed by atoms with Crippen LogP contribution < -0.4 is 5.32 Å². The van der Waals surface area contributed by atoms with Crippen LogP contribution in [-0.4, -0.2) is 30.3 Å². The summed E-state index contributed by atoms with van der Waals surface area (Å²) in [6.45, 7) is 6.00. The number of aryl methyl sites for hydroxylation is 2. The molecule has 1 aromatic rings. The lowest BCUT2D eigenvalue weighted by Crippen LogP contribution is -2.50. The van der Waals surface area contributed by atoms with Crippen molar-refractivity contribution in [1.82, 2.24) is 5.32 Å². The molecule has 126 valence electrons. The number of amides is 1. The van der Waals surface area contributed by atoms with Gasteiger partial charge in [-0.1, -0.05) is 23.8 Å². The van der Waals surface area contributed by atoms with Crippen LogP contribution in [0, 0.1) is 13.8 Å². The van der Waals surface area contributed by atoms with E-state index in [0.717, 1.165) is 35.1 Å². The second kappa shape index (κ2) is 7.18. The van der Waals surface area contributed by atoms with E-state index >= 15 is 0 Å². The van der Waals surface area contributed by atoms with E-state index in [9.17, 15) is 9.90 Å². The number of aliphatic hydroxyl groups is 1. The molecule has 2 N–H and O–H groups in total. The molecule has 0 radical (unpaired) electrons. The van der Waals surface area contributed by atoms with E-state index in [1.807, 2.05) is 20.8 Å². The van der Waals surface area contributed by atoms with Crippen molar-refractivity contribution in [2.75, 3.05) is 7.11 Å². The average Bonchev–Trinajstić information content (AvgIpc) is 2.56. The van der Waals surface area contributed by atoms with Crippen molar-refractivity contribution in [2.24, 2.45) is 0 Å². The van der Waals surface area contributed by atoms with Crippen LogP contribution in [0.2, 0.25) is 0 Å². The summed E-state index contributed by atoms with van der Waals surface area (Å²) in [6.07, 6.45) is 3.89. The Morgan fingerprint density at radius 3 is 2.57 bits per heavy atom. The monoisotopic (exact) mass is 317 g/mol. The summed E-state index contributed by atoms with van der Waals surface area (Å²) < 4.78 is 5.41. The summed E-state index contributed by atoms with van der Waals surface area (Å²) in [5.41, 5.74) is 3.45. The molecule has 1 fully saturated rings. The molecule has 0 aliphatic heterocycles. The molecule has 4 nitrogen and oxygen atoms in total. The molecule has 0 aromatic heterocycles. The third kappa shape index (κ3) is 3.58. The van der Waals surface area contributed by atoms with Gasteiger partial charge in [-0.15, -0.1) is 0 Å². The average molecular weight is 317 g/mol. The van der Waals surface area contributed by atoms with Gasteiger partial charge in [-0.05, 0) is 63.2 Å². The van der Waals surface area contributed by atoms with Crippen molar-refractivity contribution in [2.45, 2.75) is 58.1 Å². The van der Waals surface area contributed by atoms with Gasteiger partial charge in [0.05, 0.1) is 11.6 Å². The fourth-order valence-corrected chi connectivity index (χ4v) is 3.51. The Labute approximate surface area is 138 Å². The minimum atomic E-state index is -0.683. The fourth-order valence-electron chi connectivity index (χ4n) is 3.51. The lowest BCUT2D eigenvalue weighted by Gasteiger charge is -2.39. The highest BCUT2D eigenvalue weighted by Crippen LogP contribution is 2.37. The molecule has 1 amide bonds. The second-order valence-corrected chi connectivity index (χ2v) is 6.57. The van der Waals surface area contributed by atoms with Crippen LogP contribution in [0.5, 0.6) is 0 Å². The number of rotatable bonds is 5. The van der Waals surface area contributed by atoms with Gasteiger partial charge in [0.1, 0.15) is 5.76 Å². The second-order valence-electron chi connectivity index (χ2n) is 6.57. The number of aliphatic hydroxyl groups excluding tert-OH is 1. The van der Waals surface area contributed by atoms with Crippen molar-refractivity contribution in [3.05, 3.63) is 40.6 Å². The Morgan fingerprint density at radius 2 is 2.00 bits per heavy atom. The molecule has 2 rings (SSSR count). The first-order chi connectivity index (χ1) is 10.9. The van der Waals surface area contributed by atoms with Gasteiger partial charge in [0, 0.05) is 7.11 Å². The fraction of sp³-hybridized carbons (Fsp3) is 0.526. The number of carbonyl (C=O) groups is 1. The molecule has 1 aliphatic rings. The highest BCUT2D eigenvalue weighted by Gasteiger charge is 2.40. The molecular weight excluding hydrogens is 290 g/mol. The van der Waals surface area contributed by atoms with Crippen molar-refractivity contribution < 1.29 is 14.6 Å². The van der Waals surface area contributed by atoms with Crippen molar-refractivity contribution in [1.29, 1.82) is 0 Å². The van der Waals surface area contributed by atoms with Crippen LogP contribution in [0.25, 0.3) is 5.57 Å². The number of carbonyl (C=O) groups excluding carboxylic acids is 1. The predicted molar refractivity (Wildman–Crippen MR) is 92.3 cm³/mol. The molecule has 0 heterocycles. The van der Waals surface area contributed by atoms with Gasteiger partial charge in [0.25, 0.3) is 0 Å². The maximum absolute atomic E-state index is 11.1. The van der Waals surface area contributed by atoms with Crippen molar-refractivity contribution in [3.63, 3.8) is 0 Å². The highest BCUT2D eigenvalue weighted by atomic mass is 16.5. The number of allylic oxidation sites excluding steroid dienone is 1. The van der Waals surface area contributed by atoms with Gasteiger partial charge < -0.3 is 15.2 Å². The number of nitrogens with one attached hydrogen (secondary N) is 1. The molecule has 4 heteroatoms. The first kappa shape index (κ1) is 17.5. The van der Waals surface area contributed by atoms with Crippen LogP contribution in [0.15, 0.2) is 24.0 Å². The lowest BCUT2D eigenvalue weighted by molar-refractivity contribution is -0.112. The SMILES string of the molecule is COC1CCC(NC=O)(/C(O)=C(\C)c2cc(C)ccc2C)CC1. The van der Waals surface area contributed by atoms with Gasteiger partial charge in [-0.2, -0.15) is 0 Å². The Kier molecular flexibility index (Phi) is 5.47. The molecule has 0 atom stereocenters. The molecular formula is C19H27NO3. The number of hydrogen-bond donors (Lipinski definition) is 2. The van der Waals surface area contributed by atoms with E-state index in [2.05, 4.69) is 23.5 Å². The zero-order chi connectivity index (χ0) is 17.0. The van der Waals surface area contributed by atoms with E-state index < -0.39 is 5.54 Å².